The fourth-order valence-electron chi connectivity index (χ4n) is 3.19. The van der Waals surface area contributed by atoms with Crippen molar-refractivity contribution in [2.75, 3.05) is 0 Å². The van der Waals surface area contributed by atoms with E-state index in [9.17, 15) is 4.79 Å². The molecule has 0 unspecified atom stereocenters. The highest BCUT2D eigenvalue weighted by molar-refractivity contribution is 6.07. The van der Waals surface area contributed by atoms with Crippen LogP contribution in [0.3, 0.4) is 0 Å². The van der Waals surface area contributed by atoms with Gasteiger partial charge in [0.05, 0.1) is 11.1 Å². The van der Waals surface area contributed by atoms with Gasteiger partial charge in [0.25, 0.3) is 5.91 Å². The van der Waals surface area contributed by atoms with Gasteiger partial charge in [-0.25, -0.2) is 4.98 Å². The zero-order valence-electron chi connectivity index (χ0n) is 12.3. The summed E-state index contributed by atoms with van der Waals surface area (Å²) in [7, 11) is 1.95. The molecule has 1 amide bonds. The highest BCUT2D eigenvalue weighted by Gasteiger charge is 2.43. The Labute approximate surface area is 127 Å². The molecule has 1 aromatic carbocycles. The maximum absolute atomic E-state index is 12.8. The Kier molecular flexibility index (Phi) is 2.79. The number of fused-ring (bicyclic) bond motifs is 1. The van der Waals surface area contributed by atoms with Gasteiger partial charge in [-0.15, -0.1) is 0 Å². The molecule has 1 aliphatic carbocycles. The van der Waals surface area contributed by atoms with Crippen molar-refractivity contribution < 1.29 is 4.79 Å². The summed E-state index contributed by atoms with van der Waals surface area (Å²) in [6.45, 7) is 0. The fraction of sp³-hybridized carbons (Fsp3) is 0.312. The molecule has 4 rings (SSSR count). The Bertz CT molecular complexity index is 829. The first kappa shape index (κ1) is 13.1. The van der Waals surface area contributed by atoms with Crippen LogP contribution in [0.4, 0.5) is 0 Å². The van der Waals surface area contributed by atoms with Crippen LogP contribution in [0.5, 0.6) is 0 Å². The second kappa shape index (κ2) is 4.69. The van der Waals surface area contributed by atoms with E-state index in [1.54, 1.807) is 0 Å². The van der Waals surface area contributed by atoms with Crippen molar-refractivity contribution in [2.24, 2.45) is 7.05 Å². The summed E-state index contributed by atoms with van der Waals surface area (Å²) >= 11 is 0. The van der Waals surface area contributed by atoms with Crippen molar-refractivity contribution in [2.45, 2.75) is 24.8 Å². The second-order valence-electron chi connectivity index (χ2n) is 5.89. The maximum atomic E-state index is 12.8. The normalized spacial score (nSPS) is 16.4. The van der Waals surface area contributed by atoms with Gasteiger partial charge in [-0.3, -0.25) is 9.89 Å². The molecule has 0 aliphatic heterocycles. The van der Waals surface area contributed by atoms with Gasteiger partial charge in [-0.1, -0.05) is 18.2 Å². The molecule has 0 spiro atoms. The van der Waals surface area contributed by atoms with E-state index in [-0.39, 0.29) is 5.91 Å². The molecule has 6 nitrogen and oxygen atoms in total. The van der Waals surface area contributed by atoms with E-state index < -0.39 is 5.54 Å². The summed E-state index contributed by atoms with van der Waals surface area (Å²) in [4.78, 5) is 17.0. The van der Waals surface area contributed by atoms with Gasteiger partial charge in [0.1, 0.15) is 12.2 Å². The number of rotatable bonds is 3. The van der Waals surface area contributed by atoms with Crippen LogP contribution in [0.15, 0.2) is 36.8 Å². The van der Waals surface area contributed by atoms with Gasteiger partial charge < -0.3 is 9.88 Å². The van der Waals surface area contributed by atoms with Gasteiger partial charge in [0.2, 0.25) is 0 Å². The van der Waals surface area contributed by atoms with Gasteiger partial charge in [-0.05, 0) is 25.3 Å². The van der Waals surface area contributed by atoms with E-state index >= 15 is 0 Å². The number of benzene rings is 1. The highest BCUT2D eigenvalue weighted by Crippen LogP contribution is 2.39. The molecule has 2 aromatic heterocycles. The lowest BCUT2D eigenvalue weighted by Gasteiger charge is -2.40. The molecule has 6 heteroatoms. The van der Waals surface area contributed by atoms with Crippen molar-refractivity contribution in [3.05, 3.63) is 48.2 Å². The van der Waals surface area contributed by atoms with Gasteiger partial charge >= 0.3 is 0 Å². The Morgan fingerprint density at radius 3 is 2.86 bits per heavy atom. The molecule has 1 saturated carbocycles. The summed E-state index contributed by atoms with van der Waals surface area (Å²) in [5.74, 6) is 0.681. The number of para-hydroxylation sites is 1. The van der Waals surface area contributed by atoms with Crippen LogP contribution < -0.4 is 5.32 Å². The standard InChI is InChI=1S/C16H17N5O/c1-21-9-12(11-5-2-3-6-13(11)21)14(22)19-16(7-4-8-16)15-17-10-18-20-15/h2-3,5-6,9-10H,4,7-8H2,1H3,(H,19,22)(H,17,18,20). The molecule has 112 valence electrons. The molecule has 0 radical (unpaired) electrons. The van der Waals surface area contributed by atoms with Gasteiger partial charge in [-0.2, -0.15) is 5.10 Å². The Balaban J connectivity index is 1.69. The first-order valence-electron chi connectivity index (χ1n) is 7.42. The van der Waals surface area contributed by atoms with E-state index in [1.165, 1.54) is 6.33 Å². The lowest BCUT2D eigenvalue weighted by molar-refractivity contribution is 0.0811. The Hall–Kier alpha value is -2.63. The van der Waals surface area contributed by atoms with E-state index in [1.807, 2.05) is 42.1 Å². The quantitative estimate of drug-likeness (QED) is 0.777. The minimum absolute atomic E-state index is 0.0621. The number of aromatic amines is 1. The number of carbonyl (C=O) groups excluding carboxylic acids is 1. The first-order chi connectivity index (χ1) is 10.7. The van der Waals surface area contributed by atoms with E-state index in [4.69, 9.17) is 0 Å². The third kappa shape index (κ3) is 1.83. The molecule has 0 bridgehead atoms. The minimum Gasteiger partial charge on any atom is -0.350 e. The number of hydrogen-bond donors (Lipinski definition) is 2. The van der Waals surface area contributed by atoms with E-state index in [0.29, 0.717) is 5.56 Å². The number of carbonyl (C=O) groups is 1. The van der Waals surface area contributed by atoms with Crippen LogP contribution in [0, 0.1) is 0 Å². The van der Waals surface area contributed by atoms with E-state index in [0.717, 1.165) is 36.0 Å². The van der Waals surface area contributed by atoms with E-state index in [2.05, 4.69) is 20.5 Å². The molecule has 1 aliphatic rings. The largest absolute Gasteiger partial charge is 0.350 e. The third-order valence-corrected chi connectivity index (χ3v) is 4.57. The molecule has 22 heavy (non-hydrogen) atoms. The zero-order chi connectivity index (χ0) is 15.2. The van der Waals surface area contributed by atoms with Crippen LogP contribution in [0.2, 0.25) is 0 Å². The monoisotopic (exact) mass is 295 g/mol. The Morgan fingerprint density at radius 2 is 2.18 bits per heavy atom. The van der Waals surface area contributed by atoms with Gasteiger partial charge in [0.15, 0.2) is 0 Å². The average Bonchev–Trinajstić information content (AvgIpc) is 3.12. The predicted octanol–water partition coefficient (Wildman–Crippen LogP) is 2.11. The number of hydrogen-bond acceptors (Lipinski definition) is 3. The SMILES string of the molecule is Cn1cc(C(=O)NC2(c3ncn[nH]3)CCC2)c2ccccc21. The molecule has 0 atom stereocenters. The van der Waals surface area contributed by atoms with Crippen molar-refractivity contribution in [1.29, 1.82) is 0 Å². The summed E-state index contributed by atoms with van der Waals surface area (Å²) in [5, 5.41) is 10.9. The van der Waals surface area contributed by atoms with Crippen molar-refractivity contribution >= 4 is 16.8 Å². The van der Waals surface area contributed by atoms with Crippen LogP contribution in [0.25, 0.3) is 10.9 Å². The summed E-state index contributed by atoms with van der Waals surface area (Å²) in [6.07, 6.45) is 6.22. The lowest BCUT2D eigenvalue weighted by Crippen LogP contribution is -2.51. The average molecular weight is 295 g/mol. The molecule has 2 N–H and O–H groups in total. The summed E-state index contributed by atoms with van der Waals surface area (Å²) < 4.78 is 1.98. The zero-order valence-corrected chi connectivity index (χ0v) is 12.3. The topological polar surface area (TPSA) is 75.6 Å². The first-order valence-corrected chi connectivity index (χ1v) is 7.42. The van der Waals surface area contributed by atoms with Crippen molar-refractivity contribution in [3.8, 4) is 0 Å². The molecular formula is C16H17N5O. The van der Waals surface area contributed by atoms with Crippen LogP contribution in [0.1, 0.15) is 35.4 Å². The number of H-pyrrole nitrogens is 1. The summed E-state index contributed by atoms with van der Waals surface area (Å²) in [6, 6.07) is 7.93. The van der Waals surface area contributed by atoms with Crippen LogP contribution in [-0.4, -0.2) is 25.7 Å². The second-order valence-corrected chi connectivity index (χ2v) is 5.89. The maximum Gasteiger partial charge on any atom is 0.254 e. The number of nitrogens with one attached hydrogen (secondary N) is 2. The van der Waals surface area contributed by atoms with Crippen LogP contribution >= 0.6 is 0 Å². The Morgan fingerprint density at radius 1 is 1.36 bits per heavy atom. The van der Waals surface area contributed by atoms with Gasteiger partial charge in [0, 0.05) is 24.1 Å². The fourth-order valence-corrected chi connectivity index (χ4v) is 3.19. The molecule has 1 fully saturated rings. The number of aromatic nitrogens is 4. The molecule has 2 heterocycles. The molecule has 3 aromatic rings. The van der Waals surface area contributed by atoms with Crippen molar-refractivity contribution in [3.63, 3.8) is 0 Å². The molecular weight excluding hydrogens is 278 g/mol. The number of amides is 1. The molecule has 0 saturated heterocycles. The highest BCUT2D eigenvalue weighted by atomic mass is 16.1. The number of nitrogens with zero attached hydrogens (tertiary/aromatic N) is 3. The smallest absolute Gasteiger partial charge is 0.254 e. The predicted molar refractivity (Wildman–Crippen MR) is 82.3 cm³/mol. The summed E-state index contributed by atoms with van der Waals surface area (Å²) in [5.41, 5.74) is 1.35. The van der Waals surface area contributed by atoms with Crippen molar-refractivity contribution in [1.82, 2.24) is 25.1 Å². The third-order valence-electron chi connectivity index (χ3n) is 4.57. The lowest BCUT2D eigenvalue weighted by atomic mass is 9.76. The van der Waals surface area contributed by atoms with Crippen LogP contribution in [-0.2, 0) is 12.6 Å². The minimum atomic E-state index is -0.398. The number of aryl methyl sites for hydroxylation is 1.